The monoisotopic (exact) mass is 398 g/mol. The Morgan fingerprint density at radius 3 is 2.78 bits per heavy atom. The van der Waals surface area contributed by atoms with Gasteiger partial charge in [-0.1, -0.05) is 19.1 Å². The molecule has 27 heavy (non-hydrogen) atoms. The Balaban J connectivity index is 1.81. The molecule has 1 aromatic rings. The second-order valence-corrected chi connectivity index (χ2v) is 8.59. The van der Waals surface area contributed by atoms with E-state index in [4.69, 9.17) is 0 Å². The summed E-state index contributed by atoms with van der Waals surface area (Å²) in [5.41, 5.74) is 0.374. The predicted molar refractivity (Wildman–Crippen MR) is 103 cm³/mol. The van der Waals surface area contributed by atoms with Crippen LogP contribution in [0.4, 0.5) is 11.4 Å². The summed E-state index contributed by atoms with van der Waals surface area (Å²) in [4.78, 5) is 22.9. The number of amides is 1. The Hall–Kier alpha value is -2.20. The lowest BCUT2D eigenvalue weighted by atomic mass is 9.99. The summed E-state index contributed by atoms with van der Waals surface area (Å²) >= 11 is 0. The molecule has 1 aliphatic rings. The fourth-order valence-electron chi connectivity index (χ4n) is 3.11. The van der Waals surface area contributed by atoms with Crippen LogP contribution in [0.15, 0.2) is 24.3 Å². The molecule has 1 fully saturated rings. The van der Waals surface area contributed by atoms with Crippen molar-refractivity contribution in [2.45, 2.75) is 26.2 Å². The lowest BCUT2D eigenvalue weighted by molar-refractivity contribution is -0.384. The summed E-state index contributed by atoms with van der Waals surface area (Å²) in [6.07, 6.45) is 1.87. The van der Waals surface area contributed by atoms with Gasteiger partial charge in [-0.2, -0.15) is 0 Å². The minimum absolute atomic E-state index is 0.0205. The van der Waals surface area contributed by atoms with Gasteiger partial charge in [0.15, 0.2) is 0 Å². The number of benzene rings is 1. The van der Waals surface area contributed by atoms with Crippen molar-refractivity contribution >= 4 is 27.3 Å². The standard InChI is InChI=1S/C17H26N4O5S/c1-2-12-27(25,26)20-11-5-6-14(13-20)17(22)19-10-9-18-15-7-3-4-8-16(15)21(23)24/h3-4,7-8,14,18H,2,5-6,9-13H2,1H3,(H,19,22). The molecule has 0 saturated carbocycles. The van der Waals surface area contributed by atoms with Gasteiger partial charge < -0.3 is 10.6 Å². The first-order valence-corrected chi connectivity index (χ1v) is 10.7. The fourth-order valence-corrected chi connectivity index (χ4v) is 4.69. The van der Waals surface area contributed by atoms with Crippen molar-refractivity contribution in [3.63, 3.8) is 0 Å². The Morgan fingerprint density at radius 1 is 1.33 bits per heavy atom. The number of carbonyl (C=O) groups is 1. The third-order valence-electron chi connectivity index (χ3n) is 4.45. The molecule has 1 heterocycles. The van der Waals surface area contributed by atoms with E-state index >= 15 is 0 Å². The van der Waals surface area contributed by atoms with Crippen molar-refractivity contribution in [3.8, 4) is 0 Å². The van der Waals surface area contributed by atoms with Crippen LogP contribution in [0.1, 0.15) is 26.2 Å². The molecule has 9 nitrogen and oxygen atoms in total. The van der Waals surface area contributed by atoms with Gasteiger partial charge in [0.05, 0.1) is 16.6 Å². The van der Waals surface area contributed by atoms with Gasteiger partial charge >= 0.3 is 0 Å². The van der Waals surface area contributed by atoms with E-state index in [1.165, 1.54) is 10.4 Å². The number of carbonyl (C=O) groups excluding carboxylic acids is 1. The predicted octanol–water partition coefficient (Wildman–Crippen LogP) is 1.57. The van der Waals surface area contributed by atoms with E-state index < -0.39 is 14.9 Å². The first kappa shape index (κ1) is 21.1. The van der Waals surface area contributed by atoms with Gasteiger partial charge in [-0.05, 0) is 25.3 Å². The SMILES string of the molecule is CCCS(=O)(=O)N1CCCC(C(=O)NCCNc2ccccc2[N+](=O)[O-])C1. The fraction of sp³-hybridized carbons (Fsp3) is 0.588. The highest BCUT2D eigenvalue weighted by molar-refractivity contribution is 7.89. The summed E-state index contributed by atoms with van der Waals surface area (Å²) in [6.45, 7) is 3.12. The molecule has 0 spiro atoms. The quantitative estimate of drug-likeness (QED) is 0.370. The van der Waals surface area contributed by atoms with Gasteiger partial charge in [-0.15, -0.1) is 0 Å². The zero-order valence-electron chi connectivity index (χ0n) is 15.4. The van der Waals surface area contributed by atoms with Gasteiger partial charge in [0, 0.05) is 32.2 Å². The van der Waals surface area contributed by atoms with Crippen molar-refractivity contribution < 1.29 is 18.1 Å². The second kappa shape index (κ2) is 9.65. The van der Waals surface area contributed by atoms with Crippen LogP contribution in [0, 0.1) is 16.0 Å². The highest BCUT2D eigenvalue weighted by Gasteiger charge is 2.31. The number of nitrogens with zero attached hydrogens (tertiary/aromatic N) is 2. The van der Waals surface area contributed by atoms with E-state index in [1.807, 2.05) is 6.92 Å². The van der Waals surface area contributed by atoms with Crippen LogP contribution in [0.2, 0.25) is 0 Å². The van der Waals surface area contributed by atoms with Crippen LogP contribution in [0.5, 0.6) is 0 Å². The highest BCUT2D eigenvalue weighted by atomic mass is 32.2. The zero-order chi connectivity index (χ0) is 19.9. The van der Waals surface area contributed by atoms with Gasteiger partial charge in [-0.25, -0.2) is 12.7 Å². The molecule has 0 radical (unpaired) electrons. The Labute approximate surface area is 159 Å². The summed E-state index contributed by atoms with van der Waals surface area (Å²) in [5, 5.41) is 16.7. The number of nitro benzene ring substituents is 1. The zero-order valence-corrected chi connectivity index (χ0v) is 16.2. The minimum Gasteiger partial charge on any atom is -0.378 e. The molecule has 150 valence electrons. The van der Waals surface area contributed by atoms with Crippen molar-refractivity contribution in [2.75, 3.05) is 37.2 Å². The molecule has 1 saturated heterocycles. The van der Waals surface area contributed by atoms with Gasteiger partial charge in [-0.3, -0.25) is 14.9 Å². The second-order valence-electron chi connectivity index (χ2n) is 6.51. The van der Waals surface area contributed by atoms with Crippen LogP contribution in [-0.4, -0.2) is 55.5 Å². The van der Waals surface area contributed by atoms with E-state index in [-0.39, 0.29) is 29.8 Å². The Morgan fingerprint density at radius 2 is 2.07 bits per heavy atom. The minimum atomic E-state index is -3.30. The Bertz CT molecular complexity index is 768. The number of nitro groups is 1. The van der Waals surface area contributed by atoms with E-state index in [9.17, 15) is 23.3 Å². The van der Waals surface area contributed by atoms with E-state index in [2.05, 4.69) is 10.6 Å². The summed E-state index contributed by atoms with van der Waals surface area (Å²) < 4.78 is 25.8. The first-order chi connectivity index (χ1) is 12.8. The van der Waals surface area contributed by atoms with Crippen LogP contribution in [0.3, 0.4) is 0 Å². The largest absolute Gasteiger partial charge is 0.378 e. The maximum absolute atomic E-state index is 12.3. The molecule has 0 bridgehead atoms. The molecule has 0 aliphatic carbocycles. The summed E-state index contributed by atoms with van der Waals surface area (Å²) in [7, 11) is -3.30. The molecule has 1 amide bonds. The van der Waals surface area contributed by atoms with Crippen molar-refractivity contribution in [1.82, 2.24) is 9.62 Å². The summed E-state index contributed by atoms with van der Waals surface area (Å²) in [5.74, 6) is -0.451. The number of nitrogens with one attached hydrogen (secondary N) is 2. The van der Waals surface area contributed by atoms with Crippen LogP contribution in [0.25, 0.3) is 0 Å². The maximum Gasteiger partial charge on any atom is 0.292 e. The number of rotatable bonds is 9. The average Bonchev–Trinajstić information content (AvgIpc) is 2.65. The molecular formula is C17H26N4O5S. The lowest BCUT2D eigenvalue weighted by Gasteiger charge is -2.31. The topological polar surface area (TPSA) is 122 Å². The molecule has 10 heteroatoms. The molecule has 1 aromatic carbocycles. The number of sulfonamides is 1. The lowest BCUT2D eigenvalue weighted by Crippen LogP contribution is -2.46. The van der Waals surface area contributed by atoms with Crippen LogP contribution in [-0.2, 0) is 14.8 Å². The molecule has 1 aliphatic heterocycles. The van der Waals surface area contributed by atoms with Gasteiger partial charge in [0.25, 0.3) is 5.69 Å². The molecule has 2 rings (SSSR count). The summed E-state index contributed by atoms with van der Waals surface area (Å²) in [6, 6.07) is 6.31. The number of hydrogen-bond acceptors (Lipinski definition) is 6. The number of para-hydroxylation sites is 2. The molecule has 1 unspecified atom stereocenters. The van der Waals surface area contributed by atoms with E-state index in [1.54, 1.807) is 18.2 Å². The van der Waals surface area contributed by atoms with Crippen molar-refractivity contribution in [2.24, 2.45) is 5.92 Å². The number of hydrogen-bond donors (Lipinski definition) is 2. The molecule has 0 aromatic heterocycles. The Kier molecular flexibility index (Phi) is 7.55. The number of piperidine rings is 1. The van der Waals surface area contributed by atoms with E-state index in [0.717, 1.165) is 0 Å². The smallest absolute Gasteiger partial charge is 0.292 e. The van der Waals surface area contributed by atoms with Gasteiger partial charge in [0.2, 0.25) is 15.9 Å². The average molecular weight is 398 g/mol. The van der Waals surface area contributed by atoms with Crippen molar-refractivity contribution in [1.29, 1.82) is 0 Å². The van der Waals surface area contributed by atoms with E-state index in [0.29, 0.717) is 44.6 Å². The third kappa shape index (κ3) is 5.90. The maximum atomic E-state index is 12.3. The first-order valence-electron chi connectivity index (χ1n) is 9.08. The highest BCUT2D eigenvalue weighted by Crippen LogP contribution is 2.23. The van der Waals surface area contributed by atoms with Gasteiger partial charge in [0.1, 0.15) is 5.69 Å². The molecule has 2 N–H and O–H groups in total. The van der Waals surface area contributed by atoms with Crippen molar-refractivity contribution in [3.05, 3.63) is 34.4 Å². The van der Waals surface area contributed by atoms with Crippen LogP contribution >= 0.6 is 0 Å². The third-order valence-corrected chi connectivity index (χ3v) is 6.49. The normalized spacial score (nSPS) is 18.0. The molecule has 1 atom stereocenters. The van der Waals surface area contributed by atoms with Crippen LogP contribution < -0.4 is 10.6 Å². The number of anilines is 1. The molecular weight excluding hydrogens is 372 g/mol.